The van der Waals surface area contributed by atoms with E-state index >= 15 is 0 Å². The molecule has 0 saturated heterocycles. The molecule has 1 aromatic carbocycles. The van der Waals surface area contributed by atoms with E-state index in [9.17, 15) is 18.8 Å². The zero-order valence-corrected chi connectivity index (χ0v) is 13.2. The van der Waals surface area contributed by atoms with E-state index in [2.05, 4.69) is 15.7 Å². The summed E-state index contributed by atoms with van der Waals surface area (Å²) in [5.74, 6) is -2.17. The van der Waals surface area contributed by atoms with E-state index in [4.69, 9.17) is 4.42 Å². The zero-order valence-electron chi connectivity index (χ0n) is 13.2. The van der Waals surface area contributed by atoms with E-state index in [1.165, 1.54) is 31.2 Å². The van der Waals surface area contributed by atoms with Gasteiger partial charge in [-0.2, -0.15) is 4.68 Å². The fourth-order valence-electron chi connectivity index (χ4n) is 1.93. The van der Waals surface area contributed by atoms with Crippen LogP contribution in [0.4, 0.5) is 4.39 Å². The van der Waals surface area contributed by atoms with Crippen LogP contribution in [0.2, 0.25) is 0 Å². The topological polar surface area (TPSA) is 106 Å². The molecule has 0 radical (unpaired) electrons. The Bertz CT molecular complexity index is 782. The Balaban J connectivity index is 2.05. The van der Waals surface area contributed by atoms with Gasteiger partial charge in [0.1, 0.15) is 18.4 Å². The van der Waals surface area contributed by atoms with Gasteiger partial charge in [0, 0.05) is 12.1 Å². The number of likely N-dealkylation sites (N-methyl/N-ethyl adjacent to an activating group) is 1. The molecule has 2 N–H and O–H groups in total. The maximum atomic E-state index is 12.9. The minimum Gasteiger partial charge on any atom is -0.388 e. The summed E-state index contributed by atoms with van der Waals surface area (Å²) >= 11 is 0. The molecule has 2 aromatic rings. The number of rotatable bonds is 6. The first-order valence-corrected chi connectivity index (χ1v) is 7.31. The highest BCUT2D eigenvalue weighted by atomic mass is 19.1. The highest BCUT2D eigenvalue weighted by Crippen LogP contribution is 2.15. The largest absolute Gasteiger partial charge is 0.437 e. The van der Waals surface area contributed by atoms with Crippen molar-refractivity contribution in [2.45, 2.75) is 26.4 Å². The number of carbonyl (C=O) groups is 2. The first-order chi connectivity index (χ1) is 11.4. The van der Waals surface area contributed by atoms with Crippen LogP contribution < -0.4 is 16.4 Å². The summed E-state index contributed by atoms with van der Waals surface area (Å²) in [6.07, 6.45) is 0. The van der Waals surface area contributed by atoms with Crippen LogP contribution in [-0.2, 0) is 16.1 Å². The van der Waals surface area contributed by atoms with Crippen molar-refractivity contribution in [3.8, 4) is 11.5 Å². The van der Waals surface area contributed by atoms with Crippen LogP contribution in [0.5, 0.6) is 0 Å². The molecule has 9 heteroatoms. The molecule has 0 aliphatic heterocycles. The van der Waals surface area contributed by atoms with Gasteiger partial charge in [-0.05, 0) is 38.1 Å². The predicted octanol–water partition coefficient (Wildman–Crippen LogP) is 0.283. The van der Waals surface area contributed by atoms with E-state index < -0.39 is 30.1 Å². The molecular formula is C15H17FN4O4. The monoisotopic (exact) mass is 336 g/mol. The Morgan fingerprint density at radius 2 is 2.00 bits per heavy atom. The quantitative estimate of drug-likeness (QED) is 0.788. The number of amides is 2. The minimum absolute atomic E-state index is 0.0235. The standard InChI is InChI=1S/C15H17FN4O4/c1-3-17-13(22)9(2)18-12(21)8-20-15(23)24-14(19-20)10-4-6-11(16)7-5-10/h4-7,9H,3,8H2,1-2H3,(H,17,22)(H,18,21)/t9-/m0/s1. The van der Waals surface area contributed by atoms with Crippen LogP contribution in [0.3, 0.4) is 0 Å². The average molecular weight is 336 g/mol. The lowest BCUT2D eigenvalue weighted by molar-refractivity contribution is -0.129. The summed E-state index contributed by atoms with van der Waals surface area (Å²) in [5, 5.41) is 8.92. The van der Waals surface area contributed by atoms with Gasteiger partial charge in [-0.3, -0.25) is 9.59 Å². The molecule has 0 aliphatic carbocycles. The highest BCUT2D eigenvalue weighted by Gasteiger charge is 2.17. The number of benzene rings is 1. The Morgan fingerprint density at radius 3 is 2.62 bits per heavy atom. The normalized spacial score (nSPS) is 11.8. The number of nitrogens with one attached hydrogen (secondary N) is 2. The number of nitrogens with zero attached hydrogens (tertiary/aromatic N) is 2. The van der Waals surface area contributed by atoms with E-state index in [0.29, 0.717) is 12.1 Å². The molecule has 128 valence electrons. The molecular weight excluding hydrogens is 319 g/mol. The lowest BCUT2D eigenvalue weighted by Gasteiger charge is -2.12. The molecule has 2 amide bonds. The van der Waals surface area contributed by atoms with E-state index in [0.717, 1.165) is 4.68 Å². The second-order valence-electron chi connectivity index (χ2n) is 5.02. The van der Waals surface area contributed by atoms with Crippen LogP contribution in [0.15, 0.2) is 33.5 Å². The molecule has 0 aliphatic rings. The van der Waals surface area contributed by atoms with E-state index in [1.54, 1.807) is 6.92 Å². The van der Waals surface area contributed by atoms with Crippen molar-refractivity contribution in [1.82, 2.24) is 20.4 Å². The first kappa shape index (κ1) is 17.4. The van der Waals surface area contributed by atoms with E-state index in [1.807, 2.05) is 0 Å². The van der Waals surface area contributed by atoms with E-state index in [-0.39, 0.29) is 11.8 Å². The van der Waals surface area contributed by atoms with Crippen molar-refractivity contribution in [2.75, 3.05) is 6.54 Å². The predicted molar refractivity (Wildman–Crippen MR) is 82.4 cm³/mol. The van der Waals surface area contributed by atoms with Crippen LogP contribution in [0.1, 0.15) is 13.8 Å². The van der Waals surface area contributed by atoms with Crippen LogP contribution in [0.25, 0.3) is 11.5 Å². The summed E-state index contributed by atoms with van der Waals surface area (Å²) < 4.78 is 18.7. The maximum Gasteiger partial charge on any atom is 0.437 e. The third kappa shape index (κ3) is 4.28. The molecule has 1 aromatic heterocycles. The minimum atomic E-state index is -0.824. The third-order valence-electron chi connectivity index (χ3n) is 3.11. The molecule has 0 unspecified atom stereocenters. The summed E-state index contributed by atoms with van der Waals surface area (Å²) in [7, 11) is 0. The second kappa shape index (κ2) is 7.53. The fourth-order valence-corrected chi connectivity index (χ4v) is 1.93. The van der Waals surface area contributed by atoms with Gasteiger partial charge in [0.15, 0.2) is 0 Å². The number of hydrogen-bond donors (Lipinski definition) is 2. The fraction of sp³-hybridized carbons (Fsp3) is 0.333. The molecule has 0 fully saturated rings. The van der Waals surface area contributed by atoms with Gasteiger partial charge in [0.2, 0.25) is 17.7 Å². The summed E-state index contributed by atoms with van der Waals surface area (Å²) in [4.78, 5) is 35.2. The van der Waals surface area contributed by atoms with Gasteiger partial charge in [-0.1, -0.05) is 0 Å². The lowest BCUT2D eigenvalue weighted by Crippen LogP contribution is -2.46. The third-order valence-corrected chi connectivity index (χ3v) is 3.11. The molecule has 2 rings (SSSR count). The summed E-state index contributed by atoms with van der Waals surface area (Å²) in [6, 6.07) is 4.48. The van der Waals surface area contributed by atoms with Gasteiger partial charge in [-0.15, -0.1) is 5.10 Å². The van der Waals surface area contributed by atoms with Gasteiger partial charge in [0.25, 0.3) is 0 Å². The number of carbonyl (C=O) groups excluding carboxylic acids is 2. The molecule has 0 bridgehead atoms. The van der Waals surface area contributed by atoms with Gasteiger partial charge < -0.3 is 15.1 Å². The van der Waals surface area contributed by atoms with Gasteiger partial charge in [0.05, 0.1) is 0 Å². The van der Waals surface area contributed by atoms with Gasteiger partial charge in [-0.25, -0.2) is 9.18 Å². The average Bonchev–Trinajstić information content (AvgIpc) is 2.89. The van der Waals surface area contributed by atoms with Gasteiger partial charge >= 0.3 is 5.76 Å². The highest BCUT2D eigenvalue weighted by molar-refractivity contribution is 5.87. The lowest BCUT2D eigenvalue weighted by atomic mass is 10.2. The molecule has 1 atom stereocenters. The molecule has 1 heterocycles. The maximum absolute atomic E-state index is 12.9. The zero-order chi connectivity index (χ0) is 17.7. The van der Waals surface area contributed by atoms with Crippen molar-refractivity contribution in [2.24, 2.45) is 0 Å². The SMILES string of the molecule is CCNC(=O)[C@H](C)NC(=O)Cn1nc(-c2ccc(F)cc2)oc1=O. The van der Waals surface area contributed by atoms with Crippen molar-refractivity contribution in [1.29, 1.82) is 0 Å². The Hall–Kier alpha value is -2.97. The number of halogens is 1. The Kier molecular flexibility index (Phi) is 5.46. The Labute approximate surface area is 136 Å². The molecule has 24 heavy (non-hydrogen) atoms. The van der Waals surface area contributed by atoms with Crippen LogP contribution >= 0.6 is 0 Å². The van der Waals surface area contributed by atoms with Crippen LogP contribution in [0, 0.1) is 5.82 Å². The van der Waals surface area contributed by atoms with Crippen molar-refractivity contribution >= 4 is 11.8 Å². The molecule has 0 spiro atoms. The number of hydrogen-bond acceptors (Lipinski definition) is 5. The molecule has 8 nitrogen and oxygen atoms in total. The molecule has 0 saturated carbocycles. The number of aromatic nitrogens is 2. The van der Waals surface area contributed by atoms with Crippen molar-refractivity contribution in [3.63, 3.8) is 0 Å². The Morgan fingerprint density at radius 1 is 1.33 bits per heavy atom. The first-order valence-electron chi connectivity index (χ1n) is 7.31. The second-order valence-corrected chi connectivity index (χ2v) is 5.02. The summed E-state index contributed by atoms with van der Waals surface area (Å²) in [6.45, 7) is 3.34. The smallest absolute Gasteiger partial charge is 0.388 e. The van der Waals surface area contributed by atoms with Crippen molar-refractivity contribution in [3.05, 3.63) is 40.6 Å². The van der Waals surface area contributed by atoms with Crippen LogP contribution in [-0.4, -0.2) is 34.2 Å². The summed E-state index contributed by atoms with van der Waals surface area (Å²) in [5.41, 5.74) is 0.406. The van der Waals surface area contributed by atoms with Crippen molar-refractivity contribution < 1.29 is 18.4 Å².